The van der Waals surface area contributed by atoms with E-state index in [2.05, 4.69) is 5.32 Å². The van der Waals surface area contributed by atoms with E-state index in [4.69, 9.17) is 4.74 Å². The van der Waals surface area contributed by atoms with E-state index in [9.17, 15) is 13.2 Å². The maximum atomic E-state index is 13.0. The monoisotopic (exact) mass is 418 g/mol. The normalized spacial score (nSPS) is 12.9. The summed E-state index contributed by atoms with van der Waals surface area (Å²) in [7, 11) is -2.26. The number of ether oxygens (including phenoxy) is 1. The molecule has 1 amide bonds. The van der Waals surface area contributed by atoms with Gasteiger partial charge in [-0.05, 0) is 57.4 Å². The standard InChI is InChI=1S/C22H30N2O4S/c1-16-12-13-20(28-5)19(14-16)24(29(6,26)27)17(2)21(25)23-22(3,4)15-18-10-8-7-9-11-18/h7-14,17H,15H2,1-6H3,(H,23,25)/t17-/m0/s1. The van der Waals surface area contributed by atoms with Crippen molar-refractivity contribution in [2.45, 2.75) is 45.7 Å². The zero-order valence-electron chi connectivity index (χ0n) is 17.9. The zero-order chi connectivity index (χ0) is 21.8. The third-order valence-electron chi connectivity index (χ3n) is 4.61. The molecule has 0 fully saturated rings. The SMILES string of the molecule is COc1ccc(C)cc1N([C@@H](C)C(=O)NC(C)(C)Cc1ccccc1)S(C)(=O)=O. The molecular formula is C22H30N2O4S. The molecule has 0 radical (unpaired) electrons. The van der Waals surface area contributed by atoms with Crippen molar-refractivity contribution in [2.24, 2.45) is 0 Å². The molecule has 1 atom stereocenters. The number of hydrogen-bond donors (Lipinski definition) is 1. The molecule has 0 spiro atoms. The summed E-state index contributed by atoms with van der Waals surface area (Å²) in [6.07, 6.45) is 1.71. The maximum Gasteiger partial charge on any atom is 0.244 e. The van der Waals surface area contributed by atoms with E-state index in [1.807, 2.05) is 57.2 Å². The molecule has 0 heterocycles. The van der Waals surface area contributed by atoms with Gasteiger partial charge in [-0.25, -0.2) is 8.42 Å². The molecule has 2 aromatic carbocycles. The highest BCUT2D eigenvalue weighted by molar-refractivity contribution is 7.92. The molecule has 7 heteroatoms. The lowest BCUT2D eigenvalue weighted by molar-refractivity contribution is -0.123. The summed E-state index contributed by atoms with van der Waals surface area (Å²) in [5.41, 5.74) is 1.75. The summed E-state index contributed by atoms with van der Waals surface area (Å²) < 4.78 is 31.7. The van der Waals surface area contributed by atoms with Gasteiger partial charge in [0, 0.05) is 5.54 Å². The third-order valence-corrected chi connectivity index (χ3v) is 5.84. The zero-order valence-corrected chi connectivity index (χ0v) is 18.7. The molecule has 2 rings (SSSR count). The second-order valence-electron chi connectivity index (χ2n) is 7.95. The molecule has 0 aliphatic carbocycles. The van der Waals surface area contributed by atoms with Gasteiger partial charge in [-0.3, -0.25) is 9.10 Å². The number of methoxy groups -OCH3 is 1. The molecule has 0 aromatic heterocycles. The van der Waals surface area contributed by atoms with Crippen LogP contribution in [-0.4, -0.2) is 39.3 Å². The molecule has 0 saturated heterocycles. The fourth-order valence-electron chi connectivity index (χ4n) is 3.34. The van der Waals surface area contributed by atoms with Crippen LogP contribution in [0.5, 0.6) is 5.75 Å². The molecule has 0 aliphatic rings. The molecule has 2 aromatic rings. The van der Waals surface area contributed by atoms with Crippen molar-refractivity contribution in [2.75, 3.05) is 17.7 Å². The second-order valence-corrected chi connectivity index (χ2v) is 9.81. The van der Waals surface area contributed by atoms with Gasteiger partial charge in [-0.1, -0.05) is 36.4 Å². The highest BCUT2D eigenvalue weighted by atomic mass is 32.2. The van der Waals surface area contributed by atoms with Crippen LogP contribution in [0.1, 0.15) is 31.9 Å². The average Bonchev–Trinajstić information content (AvgIpc) is 2.60. The minimum absolute atomic E-state index is 0.346. The van der Waals surface area contributed by atoms with Crippen LogP contribution in [0.15, 0.2) is 48.5 Å². The van der Waals surface area contributed by atoms with Crippen molar-refractivity contribution in [3.05, 3.63) is 59.7 Å². The number of hydrogen-bond acceptors (Lipinski definition) is 4. The predicted molar refractivity (Wildman–Crippen MR) is 117 cm³/mol. The largest absolute Gasteiger partial charge is 0.495 e. The van der Waals surface area contributed by atoms with E-state index in [0.29, 0.717) is 17.9 Å². The Morgan fingerprint density at radius 3 is 2.34 bits per heavy atom. The minimum Gasteiger partial charge on any atom is -0.495 e. The van der Waals surface area contributed by atoms with E-state index < -0.39 is 21.6 Å². The molecule has 0 saturated carbocycles. The van der Waals surface area contributed by atoms with Crippen LogP contribution in [0.25, 0.3) is 0 Å². The summed E-state index contributed by atoms with van der Waals surface area (Å²) in [5, 5.41) is 2.99. The highest BCUT2D eigenvalue weighted by Gasteiger charge is 2.33. The molecule has 0 aliphatic heterocycles. The van der Waals surface area contributed by atoms with Crippen LogP contribution in [0, 0.1) is 6.92 Å². The van der Waals surface area contributed by atoms with Crippen LogP contribution in [-0.2, 0) is 21.2 Å². The summed E-state index contributed by atoms with van der Waals surface area (Å²) in [6.45, 7) is 7.28. The lowest BCUT2D eigenvalue weighted by atomic mass is 9.94. The van der Waals surface area contributed by atoms with Crippen LogP contribution < -0.4 is 14.4 Å². The number of benzene rings is 2. The summed E-state index contributed by atoms with van der Waals surface area (Å²) >= 11 is 0. The van der Waals surface area contributed by atoms with E-state index >= 15 is 0 Å². The predicted octanol–water partition coefficient (Wildman–Crippen LogP) is 3.30. The number of nitrogens with zero attached hydrogens (tertiary/aromatic N) is 1. The lowest BCUT2D eigenvalue weighted by Gasteiger charge is -2.33. The van der Waals surface area contributed by atoms with Gasteiger partial charge in [0.05, 0.1) is 19.1 Å². The smallest absolute Gasteiger partial charge is 0.244 e. The minimum atomic E-state index is -3.73. The van der Waals surface area contributed by atoms with Crippen molar-refractivity contribution < 1.29 is 17.9 Å². The number of rotatable bonds is 8. The van der Waals surface area contributed by atoms with Gasteiger partial charge < -0.3 is 10.1 Å². The van der Waals surface area contributed by atoms with Gasteiger partial charge in [0.25, 0.3) is 0 Å². The van der Waals surface area contributed by atoms with Crippen LogP contribution in [0.3, 0.4) is 0 Å². The van der Waals surface area contributed by atoms with Crippen molar-refractivity contribution >= 4 is 21.6 Å². The Morgan fingerprint density at radius 2 is 1.79 bits per heavy atom. The number of carbonyl (C=O) groups is 1. The highest BCUT2D eigenvalue weighted by Crippen LogP contribution is 2.32. The first-order valence-corrected chi connectivity index (χ1v) is 11.3. The summed E-state index contributed by atoms with van der Waals surface area (Å²) in [6, 6.07) is 14.1. The van der Waals surface area contributed by atoms with Gasteiger partial charge >= 0.3 is 0 Å². The Kier molecular flexibility index (Phi) is 6.95. The number of aryl methyl sites for hydroxylation is 1. The van der Waals surface area contributed by atoms with E-state index in [1.165, 1.54) is 7.11 Å². The second kappa shape index (κ2) is 8.86. The summed E-state index contributed by atoms with van der Waals surface area (Å²) in [4.78, 5) is 13.0. The van der Waals surface area contributed by atoms with Crippen molar-refractivity contribution in [1.82, 2.24) is 5.32 Å². The number of anilines is 1. The van der Waals surface area contributed by atoms with Crippen LogP contribution >= 0.6 is 0 Å². The van der Waals surface area contributed by atoms with Gasteiger partial charge in [0.2, 0.25) is 15.9 Å². The quantitative estimate of drug-likeness (QED) is 0.714. The Morgan fingerprint density at radius 1 is 1.17 bits per heavy atom. The molecule has 158 valence electrons. The van der Waals surface area contributed by atoms with E-state index in [0.717, 1.165) is 21.7 Å². The van der Waals surface area contributed by atoms with Crippen molar-refractivity contribution in [3.63, 3.8) is 0 Å². The summed E-state index contributed by atoms with van der Waals surface area (Å²) in [5.74, 6) is 0.0177. The van der Waals surface area contributed by atoms with E-state index in [-0.39, 0.29) is 5.91 Å². The molecule has 29 heavy (non-hydrogen) atoms. The Hall–Kier alpha value is -2.54. The van der Waals surface area contributed by atoms with Gasteiger partial charge in [-0.15, -0.1) is 0 Å². The third kappa shape index (κ3) is 5.97. The van der Waals surface area contributed by atoms with Crippen LogP contribution in [0.4, 0.5) is 5.69 Å². The first-order valence-electron chi connectivity index (χ1n) is 9.44. The number of amides is 1. The van der Waals surface area contributed by atoms with Crippen molar-refractivity contribution in [1.29, 1.82) is 0 Å². The average molecular weight is 419 g/mol. The Balaban J connectivity index is 2.31. The van der Waals surface area contributed by atoms with Crippen molar-refractivity contribution in [3.8, 4) is 5.75 Å². The molecule has 6 nitrogen and oxygen atoms in total. The number of carbonyl (C=O) groups excluding carboxylic acids is 1. The first-order chi connectivity index (χ1) is 13.4. The fraction of sp³-hybridized carbons (Fsp3) is 0.409. The first kappa shape index (κ1) is 22.7. The number of nitrogens with one attached hydrogen (secondary N) is 1. The Bertz CT molecular complexity index is 956. The lowest BCUT2D eigenvalue weighted by Crippen LogP contribution is -2.54. The molecular weight excluding hydrogens is 388 g/mol. The Labute approximate surface area is 173 Å². The maximum absolute atomic E-state index is 13.0. The van der Waals surface area contributed by atoms with Gasteiger partial charge in [0.1, 0.15) is 11.8 Å². The van der Waals surface area contributed by atoms with E-state index in [1.54, 1.807) is 19.1 Å². The number of sulfonamides is 1. The molecule has 0 bridgehead atoms. The molecule has 0 unspecified atom stereocenters. The van der Waals surface area contributed by atoms with Gasteiger partial charge in [0.15, 0.2) is 0 Å². The fourth-order valence-corrected chi connectivity index (χ4v) is 4.51. The van der Waals surface area contributed by atoms with Gasteiger partial charge in [-0.2, -0.15) is 0 Å². The molecule has 1 N–H and O–H groups in total. The van der Waals surface area contributed by atoms with Crippen LogP contribution in [0.2, 0.25) is 0 Å². The topological polar surface area (TPSA) is 75.7 Å².